The van der Waals surface area contributed by atoms with Crippen LogP contribution in [0.15, 0.2) is 12.3 Å². The molecule has 0 spiro atoms. The van der Waals surface area contributed by atoms with Gasteiger partial charge in [0.25, 0.3) is 5.69 Å². The molecule has 2 heterocycles. The summed E-state index contributed by atoms with van der Waals surface area (Å²) in [4.78, 5) is 16.3. The molecule has 0 aromatic carbocycles. The van der Waals surface area contributed by atoms with Crippen LogP contribution in [0.25, 0.3) is 0 Å². The summed E-state index contributed by atoms with van der Waals surface area (Å²) >= 11 is 0. The van der Waals surface area contributed by atoms with E-state index in [1.54, 1.807) is 0 Å². The van der Waals surface area contributed by atoms with Crippen molar-refractivity contribution >= 4 is 11.5 Å². The Kier molecular flexibility index (Phi) is 3.92. The van der Waals surface area contributed by atoms with Gasteiger partial charge in [-0.15, -0.1) is 0 Å². The standard InChI is InChI=1S/C12H15N5O2/c1-14-7-10-3-2-4-16(10)12-9(6-13)5-11(8-15-12)17(18)19/h5,8,10,14H,2-4,7H2,1H3. The lowest BCUT2D eigenvalue weighted by Gasteiger charge is -2.26. The molecule has 1 aromatic rings. The van der Waals surface area contributed by atoms with Crippen LogP contribution in [0.5, 0.6) is 0 Å². The minimum Gasteiger partial charge on any atom is -0.351 e. The molecule has 1 aliphatic heterocycles. The Labute approximate surface area is 111 Å². The van der Waals surface area contributed by atoms with Crippen molar-refractivity contribution in [3.8, 4) is 6.07 Å². The fraction of sp³-hybridized carbons (Fsp3) is 0.500. The van der Waals surface area contributed by atoms with Crippen LogP contribution >= 0.6 is 0 Å². The number of nitro groups is 1. The number of nitriles is 1. The molecular formula is C12H15N5O2. The lowest BCUT2D eigenvalue weighted by atomic mass is 10.2. The molecule has 0 saturated carbocycles. The van der Waals surface area contributed by atoms with Gasteiger partial charge in [-0.1, -0.05) is 0 Å². The summed E-state index contributed by atoms with van der Waals surface area (Å²) < 4.78 is 0. The van der Waals surface area contributed by atoms with E-state index >= 15 is 0 Å². The second-order valence-corrected chi connectivity index (χ2v) is 4.48. The Bertz CT molecular complexity index is 525. The predicted octanol–water partition coefficient (Wildman–Crippen LogP) is 1.05. The fourth-order valence-electron chi connectivity index (χ4n) is 2.42. The van der Waals surface area contributed by atoms with Crippen LogP contribution in [0.3, 0.4) is 0 Å². The molecule has 1 aliphatic rings. The summed E-state index contributed by atoms with van der Waals surface area (Å²) in [5, 5.41) is 23.0. The lowest BCUT2D eigenvalue weighted by molar-refractivity contribution is -0.385. The number of nitrogens with zero attached hydrogens (tertiary/aromatic N) is 4. The number of anilines is 1. The number of likely N-dealkylation sites (N-methyl/N-ethyl adjacent to an activating group) is 1. The minimum absolute atomic E-state index is 0.148. The molecule has 0 bridgehead atoms. The normalized spacial score (nSPS) is 18.3. The Balaban J connectivity index is 2.34. The minimum atomic E-state index is -0.535. The van der Waals surface area contributed by atoms with E-state index in [9.17, 15) is 10.1 Å². The maximum absolute atomic E-state index is 10.7. The molecule has 1 fully saturated rings. The van der Waals surface area contributed by atoms with Gasteiger partial charge in [0.1, 0.15) is 23.6 Å². The number of hydrogen-bond acceptors (Lipinski definition) is 6. The van der Waals surface area contributed by atoms with Crippen LogP contribution in [-0.4, -0.2) is 36.1 Å². The van der Waals surface area contributed by atoms with E-state index in [-0.39, 0.29) is 17.3 Å². The van der Waals surface area contributed by atoms with E-state index in [1.807, 2.05) is 13.1 Å². The first-order valence-electron chi connectivity index (χ1n) is 6.13. The molecule has 1 atom stereocenters. The summed E-state index contributed by atoms with van der Waals surface area (Å²) in [7, 11) is 1.88. The summed E-state index contributed by atoms with van der Waals surface area (Å²) in [5.74, 6) is 0.547. The molecule has 1 N–H and O–H groups in total. The van der Waals surface area contributed by atoms with E-state index in [0.717, 1.165) is 25.9 Å². The average molecular weight is 261 g/mol. The van der Waals surface area contributed by atoms with Gasteiger partial charge in [0.05, 0.1) is 4.92 Å². The zero-order chi connectivity index (χ0) is 13.8. The molecule has 0 aliphatic carbocycles. The first-order valence-corrected chi connectivity index (χ1v) is 6.13. The molecule has 19 heavy (non-hydrogen) atoms. The van der Waals surface area contributed by atoms with E-state index in [2.05, 4.69) is 15.2 Å². The Morgan fingerprint density at radius 3 is 3.16 bits per heavy atom. The molecule has 7 nitrogen and oxygen atoms in total. The van der Waals surface area contributed by atoms with Gasteiger partial charge in [-0.05, 0) is 19.9 Å². The van der Waals surface area contributed by atoms with Crippen molar-refractivity contribution in [3.05, 3.63) is 27.9 Å². The number of nitrogens with one attached hydrogen (secondary N) is 1. The van der Waals surface area contributed by atoms with Gasteiger partial charge in [0, 0.05) is 25.2 Å². The summed E-state index contributed by atoms with van der Waals surface area (Å²) in [6, 6.07) is 3.57. The van der Waals surface area contributed by atoms with Crippen LogP contribution in [0.1, 0.15) is 18.4 Å². The van der Waals surface area contributed by atoms with E-state index in [1.165, 1.54) is 12.3 Å². The van der Waals surface area contributed by atoms with Crippen LogP contribution in [0.2, 0.25) is 0 Å². The maximum Gasteiger partial charge on any atom is 0.289 e. The highest BCUT2D eigenvalue weighted by molar-refractivity contribution is 5.58. The molecular weight excluding hydrogens is 246 g/mol. The summed E-state index contributed by atoms with van der Waals surface area (Å²) in [6.45, 7) is 1.63. The van der Waals surface area contributed by atoms with Gasteiger partial charge in [0.15, 0.2) is 0 Å². The van der Waals surface area contributed by atoms with Gasteiger partial charge >= 0.3 is 0 Å². The molecule has 0 radical (unpaired) electrons. The third-order valence-electron chi connectivity index (χ3n) is 3.27. The van der Waals surface area contributed by atoms with Gasteiger partial charge in [-0.3, -0.25) is 10.1 Å². The fourth-order valence-corrected chi connectivity index (χ4v) is 2.42. The monoisotopic (exact) mass is 261 g/mol. The van der Waals surface area contributed by atoms with Gasteiger partial charge in [-0.25, -0.2) is 4.98 Å². The van der Waals surface area contributed by atoms with Crippen molar-refractivity contribution in [2.75, 3.05) is 25.0 Å². The molecule has 2 rings (SSSR count). The molecule has 0 amide bonds. The van der Waals surface area contributed by atoms with Crippen molar-refractivity contribution in [1.82, 2.24) is 10.3 Å². The lowest BCUT2D eigenvalue weighted by Crippen LogP contribution is -2.37. The van der Waals surface area contributed by atoms with Crippen molar-refractivity contribution < 1.29 is 4.92 Å². The number of hydrogen-bond donors (Lipinski definition) is 1. The van der Waals surface area contributed by atoms with E-state index < -0.39 is 4.92 Å². The third-order valence-corrected chi connectivity index (χ3v) is 3.27. The largest absolute Gasteiger partial charge is 0.351 e. The van der Waals surface area contributed by atoms with Gasteiger partial charge < -0.3 is 10.2 Å². The molecule has 1 saturated heterocycles. The highest BCUT2D eigenvalue weighted by Crippen LogP contribution is 2.28. The van der Waals surface area contributed by atoms with Crippen LogP contribution in [0.4, 0.5) is 11.5 Å². The van der Waals surface area contributed by atoms with E-state index in [0.29, 0.717) is 5.82 Å². The second kappa shape index (κ2) is 5.63. The zero-order valence-electron chi connectivity index (χ0n) is 10.7. The van der Waals surface area contributed by atoms with Crippen molar-refractivity contribution in [1.29, 1.82) is 5.26 Å². The van der Waals surface area contributed by atoms with Gasteiger partial charge in [0.2, 0.25) is 0 Å². The molecule has 1 unspecified atom stereocenters. The second-order valence-electron chi connectivity index (χ2n) is 4.48. The summed E-state index contributed by atoms with van der Waals surface area (Å²) in [6.07, 6.45) is 3.28. The van der Waals surface area contributed by atoms with Crippen molar-refractivity contribution in [3.63, 3.8) is 0 Å². The van der Waals surface area contributed by atoms with Crippen LogP contribution in [0, 0.1) is 21.4 Å². The highest BCUT2D eigenvalue weighted by Gasteiger charge is 2.27. The van der Waals surface area contributed by atoms with Crippen molar-refractivity contribution in [2.45, 2.75) is 18.9 Å². The topological polar surface area (TPSA) is 95.1 Å². The number of pyridine rings is 1. The smallest absolute Gasteiger partial charge is 0.289 e. The zero-order valence-corrected chi connectivity index (χ0v) is 10.7. The Morgan fingerprint density at radius 2 is 2.53 bits per heavy atom. The highest BCUT2D eigenvalue weighted by atomic mass is 16.6. The quantitative estimate of drug-likeness (QED) is 0.643. The third kappa shape index (κ3) is 2.63. The van der Waals surface area contributed by atoms with Crippen LogP contribution < -0.4 is 10.2 Å². The van der Waals surface area contributed by atoms with Crippen molar-refractivity contribution in [2.24, 2.45) is 0 Å². The number of aromatic nitrogens is 1. The number of rotatable bonds is 4. The maximum atomic E-state index is 10.7. The molecule has 1 aromatic heterocycles. The first kappa shape index (κ1) is 13.2. The Morgan fingerprint density at radius 1 is 1.74 bits per heavy atom. The SMILES string of the molecule is CNCC1CCCN1c1ncc([N+](=O)[O-])cc1C#N. The molecule has 100 valence electrons. The van der Waals surface area contributed by atoms with Crippen LogP contribution in [-0.2, 0) is 0 Å². The van der Waals surface area contributed by atoms with Gasteiger partial charge in [-0.2, -0.15) is 5.26 Å². The molecule has 7 heteroatoms. The Hall–Kier alpha value is -2.20. The average Bonchev–Trinajstić information content (AvgIpc) is 2.86. The van der Waals surface area contributed by atoms with E-state index in [4.69, 9.17) is 5.26 Å². The predicted molar refractivity (Wildman–Crippen MR) is 69.9 cm³/mol. The first-order chi connectivity index (χ1) is 9.17. The summed E-state index contributed by atoms with van der Waals surface area (Å²) in [5.41, 5.74) is 0.113.